The minimum Gasteiger partial charge on any atom is -0.491 e. The van der Waals surface area contributed by atoms with Gasteiger partial charge >= 0.3 is 5.97 Å². The van der Waals surface area contributed by atoms with Crippen LogP contribution in [0.5, 0.6) is 5.75 Å². The van der Waals surface area contributed by atoms with Gasteiger partial charge in [-0.15, -0.1) is 0 Å². The highest BCUT2D eigenvalue weighted by Crippen LogP contribution is 2.36. The Hall–Kier alpha value is -3.16. The third kappa shape index (κ3) is 4.72. The zero-order chi connectivity index (χ0) is 24.4. The number of benzene rings is 2. The summed E-state index contributed by atoms with van der Waals surface area (Å²) in [5.41, 5.74) is 2.09. The van der Waals surface area contributed by atoms with Crippen LogP contribution in [0.1, 0.15) is 44.9 Å². The van der Waals surface area contributed by atoms with E-state index in [1.165, 1.54) is 11.3 Å². The van der Waals surface area contributed by atoms with Gasteiger partial charge < -0.3 is 9.47 Å². The molecule has 0 saturated heterocycles. The number of hydrogen-bond donors (Lipinski definition) is 0. The van der Waals surface area contributed by atoms with E-state index in [1.54, 1.807) is 36.6 Å². The van der Waals surface area contributed by atoms with E-state index in [1.807, 2.05) is 50.2 Å². The van der Waals surface area contributed by atoms with Gasteiger partial charge in [0.2, 0.25) is 0 Å². The molecule has 0 radical (unpaired) electrons. The van der Waals surface area contributed by atoms with Gasteiger partial charge in [-0.25, -0.2) is 9.79 Å². The first-order valence-electron chi connectivity index (χ1n) is 11.0. The molecule has 1 aromatic heterocycles. The average Bonchev–Trinajstić information content (AvgIpc) is 3.07. The highest BCUT2D eigenvalue weighted by atomic mass is 35.5. The fourth-order valence-electron chi connectivity index (χ4n) is 3.90. The first kappa shape index (κ1) is 24.0. The summed E-state index contributed by atoms with van der Waals surface area (Å²) in [5, 5.41) is 0.583. The number of thiazole rings is 1. The summed E-state index contributed by atoms with van der Waals surface area (Å²) in [7, 11) is 0. The number of para-hydroxylation sites is 1. The van der Waals surface area contributed by atoms with Crippen LogP contribution in [-0.2, 0) is 9.53 Å². The molecule has 0 unspecified atom stereocenters. The summed E-state index contributed by atoms with van der Waals surface area (Å²) in [6.45, 7) is 7.59. The Kier molecular flexibility index (Phi) is 7.05. The van der Waals surface area contributed by atoms with E-state index >= 15 is 0 Å². The van der Waals surface area contributed by atoms with Gasteiger partial charge in [0, 0.05) is 10.6 Å². The van der Waals surface area contributed by atoms with Crippen LogP contribution in [0.4, 0.5) is 0 Å². The van der Waals surface area contributed by atoms with Crippen molar-refractivity contribution in [2.24, 2.45) is 4.99 Å². The van der Waals surface area contributed by atoms with Gasteiger partial charge in [-0.05, 0) is 57.5 Å². The number of nitrogens with zero attached hydrogens (tertiary/aromatic N) is 2. The summed E-state index contributed by atoms with van der Waals surface area (Å²) in [6.07, 6.45) is 1.70. The molecule has 1 aliphatic rings. The Balaban J connectivity index is 1.99. The Morgan fingerprint density at radius 2 is 2.00 bits per heavy atom. The van der Waals surface area contributed by atoms with Crippen molar-refractivity contribution in [3.8, 4) is 5.75 Å². The predicted molar refractivity (Wildman–Crippen MR) is 134 cm³/mol. The second kappa shape index (κ2) is 9.99. The number of fused-ring (bicyclic) bond motifs is 1. The van der Waals surface area contributed by atoms with Crippen LogP contribution in [0.2, 0.25) is 5.02 Å². The molecule has 0 aliphatic carbocycles. The van der Waals surface area contributed by atoms with Crippen LogP contribution in [0.15, 0.2) is 69.6 Å². The largest absolute Gasteiger partial charge is 0.491 e. The van der Waals surface area contributed by atoms with Gasteiger partial charge in [-0.1, -0.05) is 53.3 Å². The maximum atomic E-state index is 13.7. The molecule has 176 valence electrons. The summed E-state index contributed by atoms with van der Waals surface area (Å²) >= 11 is 7.40. The lowest BCUT2D eigenvalue weighted by Crippen LogP contribution is -2.40. The van der Waals surface area contributed by atoms with E-state index in [0.29, 0.717) is 36.9 Å². The van der Waals surface area contributed by atoms with Crippen molar-refractivity contribution in [1.82, 2.24) is 4.57 Å². The predicted octanol–water partition coefficient (Wildman–Crippen LogP) is 4.24. The number of halogens is 1. The van der Waals surface area contributed by atoms with Crippen LogP contribution >= 0.6 is 22.9 Å². The molecular formula is C26H25ClN2O4S. The van der Waals surface area contributed by atoms with Crippen LogP contribution in [-0.4, -0.2) is 23.2 Å². The summed E-state index contributed by atoms with van der Waals surface area (Å²) < 4.78 is 13.5. The topological polar surface area (TPSA) is 69.9 Å². The third-order valence-corrected chi connectivity index (χ3v) is 6.46. The number of allylic oxidation sites excluding steroid dienone is 1. The molecule has 0 saturated carbocycles. The lowest BCUT2D eigenvalue weighted by Gasteiger charge is -2.26. The second-order valence-corrected chi connectivity index (χ2v) is 9.51. The molecule has 0 bridgehead atoms. The molecule has 0 amide bonds. The summed E-state index contributed by atoms with van der Waals surface area (Å²) in [6, 6.07) is 14.0. The van der Waals surface area contributed by atoms with E-state index in [0.717, 1.165) is 5.56 Å². The molecular weight excluding hydrogens is 472 g/mol. The van der Waals surface area contributed by atoms with E-state index in [4.69, 9.17) is 21.1 Å². The van der Waals surface area contributed by atoms with Crippen LogP contribution in [0.3, 0.4) is 0 Å². The van der Waals surface area contributed by atoms with Crippen molar-refractivity contribution in [2.75, 3.05) is 6.61 Å². The van der Waals surface area contributed by atoms with Gasteiger partial charge in [0.25, 0.3) is 5.56 Å². The van der Waals surface area contributed by atoms with E-state index in [9.17, 15) is 9.59 Å². The zero-order valence-corrected chi connectivity index (χ0v) is 20.9. The van der Waals surface area contributed by atoms with Crippen molar-refractivity contribution in [1.29, 1.82) is 0 Å². The van der Waals surface area contributed by atoms with Crippen LogP contribution in [0, 0.1) is 0 Å². The molecule has 0 N–H and O–H groups in total. The molecule has 2 heterocycles. The molecule has 1 atom stereocenters. The zero-order valence-electron chi connectivity index (χ0n) is 19.4. The Morgan fingerprint density at radius 3 is 2.71 bits per heavy atom. The van der Waals surface area contributed by atoms with Crippen molar-refractivity contribution in [3.05, 3.63) is 95.6 Å². The highest BCUT2D eigenvalue weighted by Gasteiger charge is 2.35. The number of carbonyl (C=O) groups excluding carboxylic acids is 1. The number of aromatic nitrogens is 1. The first-order valence-corrected chi connectivity index (χ1v) is 12.2. The Labute approximate surface area is 206 Å². The number of carbonyl (C=O) groups is 1. The molecule has 0 fully saturated rings. The van der Waals surface area contributed by atoms with E-state index < -0.39 is 12.0 Å². The minimum atomic E-state index is -0.730. The van der Waals surface area contributed by atoms with Crippen LogP contribution < -0.4 is 19.6 Å². The summed E-state index contributed by atoms with van der Waals surface area (Å²) in [4.78, 5) is 31.9. The molecule has 6 nitrogen and oxygen atoms in total. The number of hydrogen-bond acceptors (Lipinski definition) is 6. The fraction of sp³-hybridized carbons (Fsp3) is 0.269. The molecule has 2 aromatic carbocycles. The van der Waals surface area contributed by atoms with Crippen molar-refractivity contribution >= 4 is 35.0 Å². The smallest absolute Gasteiger partial charge is 0.338 e. The van der Waals surface area contributed by atoms with Crippen molar-refractivity contribution < 1.29 is 14.3 Å². The molecule has 4 rings (SSSR count). The normalized spacial score (nSPS) is 15.8. The standard InChI is InChI=1S/C26H25ClN2O4S/c1-5-32-25(31)22-16(4)28-26-29(23(22)19-11-6-7-12-20(19)33-15(2)3)24(30)21(34-26)14-17-9-8-10-18(27)13-17/h6-15,23H,5H2,1-4H3/b21-14+/t23-/m1/s1. The highest BCUT2D eigenvalue weighted by molar-refractivity contribution is 7.07. The lowest BCUT2D eigenvalue weighted by molar-refractivity contribution is -0.139. The van der Waals surface area contributed by atoms with Gasteiger partial charge in [-0.2, -0.15) is 0 Å². The number of rotatable bonds is 6. The van der Waals surface area contributed by atoms with E-state index in [2.05, 4.69) is 4.99 Å². The van der Waals surface area contributed by atoms with Gasteiger partial charge in [0.05, 0.1) is 28.5 Å². The minimum absolute atomic E-state index is 0.0871. The van der Waals surface area contributed by atoms with E-state index in [-0.39, 0.29) is 18.3 Å². The van der Waals surface area contributed by atoms with Gasteiger partial charge in [0.15, 0.2) is 4.80 Å². The van der Waals surface area contributed by atoms with Gasteiger partial charge in [0.1, 0.15) is 11.8 Å². The molecule has 3 aromatic rings. The quantitative estimate of drug-likeness (QED) is 0.479. The Morgan fingerprint density at radius 1 is 1.24 bits per heavy atom. The monoisotopic (exact) mass is 496 g/mol. The lowest BCUT2D eigenvalue weighted by atomic mass is 9.95. The Bertz CT molecular complexity index is 1450. The first-order chi connectivity index (χ1) is 16.3. The number of ether oxygens (including phenoxy) is 2. The maximum absolute atomic E-state index is 13.7. The number of esters is 1. The SMILES string of the molecule is CCOC(=O)C1=C(C)N=c2s/c(=C/c3cccc(Cl)c3)c(=O)n2[C@@H]1c1ccccc1OC(C)C. The molecule has 1 aliphatic heterocycles. The summed E-state index contributed by atoms with van der Waals surface area (Å²) in [5.74, 6) is 0.0978. The fourth-order valence-corrected chi connectivity index (χ4v) is 5.15. The molecule has 0 spiro atoms. The molecule has 34 heavy (non-hydrogen) atoms. The van der Waals surface area contributed by atoms with Crippen LogP contribution in [0.25, 0.3) is 6.08 Å². The second-order valence-electron chi connectivity index (χ2n) is 8.06. The molecule has 8 heteroatoms. The maximum Gasteiger partial charge on any atom is 0.338 e. The van der Waals surface area contributed by atoms with Crippen molar-refractivity contribution in [2.45, 2.75) is 39.8 Å². The average molecular weight is 497 g/mol. The third-order valence-electron chi connectivity index (χ3n) is 5.24. The van der Waals surface area contributed by atoms with Crippen molar-refractivity contribution in [3.63, 3.8) is 0 Å². The van der Waals surface area contributed by atoms with Gasteiger partial charge in [-0.3, -0.25) is 9.36 Å².